The molecule has 0 spiro atoms. The molecule has 0 heterocycles. The normalized spacial score (nSPS) is 9.30. The Balaban J connectivity index is 0. The van der Waals surface area contributed by atoms with E-state index in [-0.39, 0.29) is 11.4 Å². The van der Waals surface area contributed by atoms with Crippen LogP contribution in [-0.2, 0) is 4.79 Å². The van der Waals surface area contributed by atoms with E-state index in [0.29, 0.717) is 0 Å². The van der Waals surface area contributed by atoms with Crippen molar-refractivity contribution in [3.05, 3.63) is 34.4 Å². The second-order valence-corrected chi connectivity index (χ2v) is 3.67. The number of hydrogen-bond acceptors (Lipinski definition) is 4. The number of carboxylic acid groups (broad SMARTS) is 1. The van der Waals surface area contributed by atoms with Crippen LogP contribution in [0.25, 0.3) is 0 Å². The van der Waals surface area contributed by atoms with Gasteiger partial charge in [0.05, 0.1) is 11.0 Å². The predicted molar refractivity (Wildman–Crippen MR) is 78.1 cm³/mol. The lowest BCUT2D eigenvalue weighted by atomic mass is 10.1. The molecule has 6 heteroatoms. The van der Waals surface area contributed by atoms with E-state index in [1.54, 1.807) is 0 Å². The number of rotatable bonds is 4. The summed E-state index contributed by atoms with van der Waals surface area (Å²) in [5.74, 6) is -0.986. The number of hydrogen-bond donors (Lipinski definition) is 1. The molecule has 0 radical (unpaired) electrons. The van der Waals surface area contributed by atoms with Crippen molar-refractivity contribution < 1.29 is 19.6 Å². The van der Waals surface area contributed by atoms with Crippen LogP contribution in [0.5, 0.6) is 5.75 Å². The van der Waals surface area contributed by atoms with Crippen molar-refractivity contribution >= 4 is 11.7 Å². The van der Waals surface area contributed by atoms with Crippen LogP contribution < -0.4 is 4.74 Å². The SMILES string of the molecule is CC.CC.CC(C)(Oc1cccc([N+](=O)[O-])c1)C(=O)O. The summed E-state index contributed by atoms with van der Waals surface area (Å²) in [6.45, 7) is 10.7. The van der Waals surface area contributed by atoms with Crippen molar-refractivity contribution in [2.24, 2.45) is 0 Å². The molecule has 0 aliphatic carbocycles. The molecule has 0 bridgehead atoms. The first-order valence-electron chi connectivity index (χ1n) is 6.50. The fourth-order valence-corrected chi connectivity index (χ4v) is 0.999. The standard InChI is InChI=1S/C10H11NO5.2C2H6/c1-10(2,9(12)13)16-8-5-3-4-7(6-8)11(14)15;2*1-2/h3-6H,1-2H3,(H,12,13);2*1-2H3. The van der Waals surface area contributed by atoms with Crippen LogP contribution in [-0.4, -0.2) is 21.6 Å². The molecular weight excluding hydrogens is 262 g/mol. The molecule has 1 N–H and O–H groups in total. The number of nitro benzene ring substituents is 1. The van der Waals surface area contributed by atoms with Crippen LogP contribution in [0, 0.1) is 10.1 Å². The van der Waals surface area contributed by atoms with Gasteiger partial charge in [0.1, 0.15) is 5.75 Å². The van der Waals surface area contributed by atoms with Crippen LogP contribution in [0.15, 0.2) is 24.3 Å². The molecule has 1 rings (SSSR count). The molecule has 0 aromatic heterocycles. The third kappa shape index (κ3) is 6.72. The van der Waals surface area contributed by atoms with Crippen molar-refractivity contribution in [1.29, 1.82) is 0 Å². The van der Waals surface area contributed by atoms with E-state index in [9.17, 15) is 14.9 Å². The first kappa shape index (κ1) is 20.2. The Labute approximate surface area is 119 Å². The zero-order chi connectivity index (χ0) is 16.3. The molecule has 0 aliphatic rings. The van der Waals surface area contributed by atoms with Gasteiger partial charge in [0.2, 0.25) is 0 Å². The van der Waals surface area contributed by atoms with E-state index in [2.05, 4.69) is 0 Å². The van der Waals surface area contributed by atoms with E-state index in [1.165, 1.54) is 38.1 Å². The van der Waals surface area contributed by atoms with E-state index in [1.807, 2.05) is 27.7 Å². The Kier molecular flexibility index (Phi) is 9.88. The van der Waals surface area contributed by atoms with Gasteiger partial charge in [0, 0.05) is 6.07 Å². The summed E-state index contributed by atoms with van der Waals surface area (Å²) in [5.41, 5.74) is -1.56. The van der Waals surface area contributed by atoms with E-state index < -0.39 is 16.5 Å². The maximum Gasteiger partial charge on any atom is 0.347 e. The Morgan fingerprint density at radius 1 is 1.25 bits per heavy atom. The third-order valence-electron chi connectivity index (χ3n) is 1.92. The monoisotopic (exact) mass is 285 g/mol. The van der Waals surface area contributed by atoms with E-state index >= 15 is 0 Å². The highest BCUT2D eigenvalue weighted by Crippen LogP contribution is 2.23. The molecule has 0 unspecified atom stereocenters. The second kappa shape index (κ2) is 9.77. The highest BCUT2D eigenvalue weighted by Gasteiger charge is 2.29. The zero-order valence-corrected chi connectivity index (χ0v) is 12.8. The summed E-state index contributed by atoms with van der Waals surface area (Å²) >= 11 is 0. The summed E-state index contributed by atoms with van der Waals surface area (Å²) in [6.07, 6.45) is 0. The van der Waals surface area contributed by atoms with Crippen molar-refractivity contribution in [3.8, 4) is 5.75 Å². The van der Waals surface area contributed by atoms with Crippen molar-refractivity contribution in [2.75, 3.05) is 0 Å². The highest BCUT2D eigenvalue weighted by atomic mass is 16.6. The van der Waals surface area contributed by atoms with Crippen molar-refractivity contribution in [1.82, 2.24) is 0 Å². The first-order chi connectivity index (χ1) is 9.33. The topological polar surface area (TPSA) is 89.7 Å². The van der Waals surface area contributed by atoms with Gasteiger partial charge < -0.3 is 9.84 Å². The summed E-state index contributed by atoms with van der Waals surface area (Å²) in [5, 5.41) is 19.3. The van der Waals surface area contributed by atoms with Gasteiger partial charge in [0.15, 0.2) is 5.60 Å². The van der Waals surface area contributed by atoms with Gasteiger partial charge >= 0.3 is 5.97 Å². The second-order valence-electron chi connectivity index (χ2n) is 3.67. The van der Waals surface area contributed by atoms with Crippen LogP contribution in [0.1, 0.15) is 41.5 Å². The molecule has 114 valence electrons. The average molecular weight is 285 g/mol. The van der Waals surface area contributed by atoms with Crippen LogP contribution in [0.2, 0.25) is 0 Å². The minimum Gasteiger partial charge on any atom is -0.478 e. The number of non-ortho nitro benzene ring substituents is 1. The van der Waals surface area contributed by atoms with Gasteiger partial charge in [-0.05, 0) is 19.9 Å². The Morgan fingerprint density at radius 2 is 1.75 bits per heavy atom. The maximum atomic E-state index is 10.8. The maximum absolute atomic E-state index is 10.8. The summed E-state index contributed by atoms with van der Waals surface area (Å²) in [7, 11) is 0. The molecule has 0 amide bonds. The van der Waals surface area contributed by atoms with E-state index in [0.717, 1.165) is 0 Å². The lowest BCUT2D eigenvalue weighted by Gasteiger charge is -2.21. The predicted octanol–water partition coefficient (Wildman–Crippen LogP) is 3.89. The Morgan fingerprint density at radius 3 is 2.15 bits per heavy atom. The molecule has 0 atom stereocenters. The van der Waals surface area contributed by atoms with Crippen LogP contribution in [0.4, 0.5) is 5.69 Å². The molecule has 6 nitrogen and oxygen atoms in total. The fourth-order valence-electron chi connectivity index (χ4n) is 0.999. The summed E-state index contributed by atoms with van der Waals surface area (Å²) < 4.78 is 5.15. The highest BCUT2D eigenvalue weighted by molar-refractivity contribution is 5.76. The van der Waals surface area contributed by atoms with Gasteiger partial charge in [-0.1, -0.05) is 33.8 Å². The lowest BCUT2D eigenvalue weighted by molar-refractivity contribution is -0.385. The van der Waals surface area contributed by atoms with Crippen LogP contribution >= 0.6 is 0 Å². The van der Waals surface area contributed by atoms with Crippen molar-refractivity contribution in [2.45, 2.75) is 47.1 Å². The van der Waals surface area contributed by atoms with E-state index in [4.69, 9.17) is 9.84 Å². The number of benzene rings is 1. The third-order valence-corrected chi connectivity index (χ3v) is 1.92. The number of nitrogens with zero attached hydrogens (tertiary/aromatic N) is 1. The van der Waals surface area contributed by atoms with Crippen LogP contribution in [0.3, 0.4) is 0 Å². The number of carbonyl (C=O) groups is 1. The first-order valence-corrected chi connectivity index (χ1v) is 6.50. The number of carboxylic acids is 1. The minimum atomic E-state index is -1.42. The number of nitro groups is 1. The number of aliphatic carboxylic acids is 1. The van der Waals surface area contributed by atoms with Gasteiger partial charge in [-0.15, -0.1) is 0 Å². The Bertz CT molecular complexity index is 429. The smallest absolute Gasteiger partial charge is 0.347 e. The molecule has 0 saturated heterocycles. The summed E-state index contributed by atoms with van der Waals surface area (Å²) in [6, 6.07) is 5.40. The molecule has 20 heavy (non-hydrogen) atoms. The Hall–Kier alpha value is -2.11. The van der Waals surface area contributed by atoms with Gasteiger partial charge in [-0.25, -0.2) is 4.79 Å². The van der Waals surface area contributed by atoms with Gasteiger partial charge in [-0.3, -0.25) is 10.1 Å². The summed E-state index contributed by atoms with van der Waals surface area (Å²) in [4.78, 5) is 20.7. The molecule has 0 aliphatic heterocycles. The molecule has 0 saturated carbocycles. The van der Waals surface area contributed by atoms with Crippen molar-refractivity contribution in [3.63, 3.8) is 0 Å². The lowest BCUT2D eigenvalue weighted by Crippen LogP contribution is -2.37. The molecular formula is C14H23NO5. The van der Waals surface area contributed by atoms with Gasteiger partial charge in [0.25, 0.3) is 5.69 Å². The van der Waals surface area contributed by atoms with Gasteiger partial charge in [-0.2, -0.15) is 0 Å². The largest absolute Gasteiger partial charge is 0.478 e. The average Bonchev–Trinajstić information content (AvgIpc) is 2.43. The zero-order valence-electron chi connectivity index (χ0n) is 12.8. The molecule has 1 aromatic rings. The quantitative estimate of drug-likeness (QED) is 0.669. The number of ether oxygens (including phenoxy) is 1. The molecule has 1 aromatic carbocycles. The molecule has 0 fully saturated rings. The minimum absolute atomic E-state index is 0.140. The fraction of sp³-hybridized carbons (Fsp3) is 0.500.